The molecule has 0 saturated carbocycles. The molecule has 1 aliphatic rings. The Morgan fingerprint density at radius 1 is 1.14 bits per heavy atom. The van der Waals surface area contributed by atoms with Crippen molar-refractivity contribution in [3.8, 4) is 5.75 Å². The second kappa shape index (κ2) is 9.01. The van der Waals surface area contributed by atoms with Gasteiger partial charge in [0.15, 0.2) is 6.61 Å². The van der Waals surface area contributed by atoms with E-state index in [4.69, 9.17) is 4.74 Å². The molecule has 1 aliphatic heterocycles. The number of rotatable bonds is 8. The van der Waals surface area contributed by atoms with Crippen molar-refractivity contribution in [3.05, 3.63) is 64.2 Å². The maximum Gasteiger partial charge on any atom is 0.273 e. The van der Waals surface area contributed by atoms with Gasteiger partial charge in [-0.05, 0) is 36.6 Å². The molecule has 2 aromatic carbocycles. The van der Waals surface area contributed by atoms with E-state index < -0.39 is 20.9 Å². The number of nitro benzene ring substituents is 1. The maximum absolute atomic E-state index is 12.5. The van der Waals surface area contributed by atoms with Gasteiger partial charge in [0, 0.05) is 25.7 Å². The molecule has 3 rings (SSSR count). The van der Waals surface area contributed by atoms with Crippen molar-refractivity contribution < 1.29 is 22.9 Å². The van der Waals surface area contributed by atoms with Crippen molar-refractivity contribution >= 4 is 21.6 Å². The number of carbonyl (C=O) groups excluding carboxylic acids is 1. The summed E-state index contributed by atoms with van der Waals surface area (Å²) in [5.74, 6) is -0.170. The molecule has 0 radical (unpaired) electrons. The largest absolute Gasteiger partial charge is 0.484 e. The molecule has 1 saturated heterocycles. The summed E-state index contributed by atoms with van der Waals surface area (Å²) in [6.07, 6.45) is 1.75. The van der Waals surface area contributed by atoms with E-state index in [0.29, 0.717) is 13.1 Å². The molecule has 1 amide bonds. The summed E-state index contributed by atoms with van der Waals surface area (Å²) in [4.78, 5) is 22.4. The smallest absolute Gasteiger partial charge is 0.273 e. The normalized spacial score (nSPS) is 14.5. The Hall–Kier alpha value is -2.98. The average molecular weight is 419 g/mol. The number of benzene rings is 2. The second-order valence-electron chi connectivity index (χ2n) is 6.58. The Labute approximate surface area is 168 Å². The van der Waals surface area contributed by atoms with Gasteiger partial charge in [-0.15, -0.1) is 0 Å². The minimum Gasteiger partial charge on any atom is -0.484 e. The Kier molecular flexibility index (Phi) is 6.45. The van der Waals surface area contributed by atoms with Crippen LogP contribution in [0.4, 0.5) is 5.69 Å². The summed E-state index contributed by atoms with van der Waals surface area (Å²) in [7, 11) is -3.46. The van der Waals surface area contributed by atoms with Gasteiger partial charge in [-0.3, -0.25) is 14.9 Å². The summed E-state index contributed by atoms with van der Waals surface area (Å²) < 4.78 is 31.7. The van der Waals surface area contributed by atoms with E-state index in [9.17, 15) is 23.3 Å². The van der Waals surface area contributed by atoms with E-state index in [1.165, 1.54) is 40.7 Å². The molecule has 29 heavy (non-hydrogen) atoms. The summed E-state index contributed by atoms with van der Waals surface area (Å²) in [5.41, 5.74) is 0.626. The first-order chi connectivity index (χ1) is 13.9. The Morgan fingerprint density at radius 3 is 2.48 bits per heavy atom. The molecular weight excluding hydrogens is 398 g/mol. The first kappa shape index (κ1) is 20.7. The van der Waals surface area contributed by atoms with Gasteiger partial charge in [0.2, 0.25) is 10.0 Å². The van der Waals surface area contributed by atoms with Crippen LogP contribution in [0, 0.1) is 10.1 Å². The van der Waals surface area contributed by atoms with E-state index in [2.05, 4.69) is 5.32 Å². The van der Waals surface area contributed by atoms with E-state index in [1.807, 2.05) is 0 Å². The lowest BCUT2D eigenvalue weighted by molar-refractivity contribution is -0.384. The summed E-state index contributed by atoms with van der Waals surface area (Å²) in [6, 6.07) is 12.0. The summed E-state index contributed by atoms with van der Waals surface area (Å²) in [6.45, 7) is 1.01. The van der Waals surface area contributed by atoms with Gasteiger partial charge < -0.3 is 10.1 Å². The predicted molar refractivity (Wildman–Crippen MR) is 105 cm³/mol. The van der Waals surface area contributed by atoms with Crippen LogP contribution in [0.5, 0.6) is 5.75 Å². The van der Waals surface area contributed by atoms with Crippen molar-refractivity contribution in [2.45, 2.75) is 24.3 Å². The number of nitrogens with zero attached hydrogens (tertiary/aromatic N) is 2. The van der Waals surface area contributed by atoms with E-state index in [-0.39, 0.29) is 29.5 Å². The van der Waals surface area contributed by atoms with Crippen LogP contribution in [0.1, 0.15) is 18.4 Å². The number of carbonyl (C=O) groups is 1. The quantitative estimate of drug-likeness (QED) is 0.517. The molecule has 1 fully saturated rings. The van der Waals surface area contributed by atoms with Crippen molar-refractivity contribution in [2.75, 3.05) is 19.7 Å². The number of non-ortho nitro benzene ring substituents is 1. The predicted octanol–water partition coefficient (Wildman–Crippen LogP) is 2.07. The zero-order valence-electron chi connectivity index (χ0n) is 15.6. The van der Waals surface area contributed by atoms with Crippen molar-refractivity contribution in [3.63, 3.8) is 0 Å². The molecule has 0 atom stereocenters. The molecule has 154 valence electrons. The molecular formula is C19H21N3O6S. The molecule has 1 heterocycles. The van der Waals surface area contributed by atoms with Crippen LogP contribution >= 0.6 is 0 Å². The summed E-state index contributed by atoms with van der Waals surface area (Å²) in [5, 5.41) is 13.4. The molecule has 0 unspecified atom stereocenters. The third-order valence-electron chi connectivity index (χ3n) is 4.51. The highest BCUT2D eigenvalue weighted by molar-refractivity contribution is 7.89. The van der Waals surface area contributed by atoms with E-state index >= 15 is 0 Å². The van der Waals surface area contributed by atoms with Crippen molar-refractivity contribution in [1.29, 1.82) is 0 Å². The van der Waals surface area contributed by atoms with Gasteiger partial charge in [-0.1, -0.05) is 18.2 Å². The van der Waals surface area contributed by atoms with E-state index in [1.54, 1.807) is 12.1 Å². The van der Waals surface area contributed by atoms with Gasteiger partial charge in [0.05, 0.1) is 15.9 Å². The molecule has 0 bridgehead atoms. The fourth-order valence-corrected chi connectivity index (χ4v) is 4.46. The van der Waals surface area contributed by atoms with Crippen LogP contribution < -0.4 is 10.1 Å². The van der Waals surface area contributed by atoms with Crippen LogP contribution in [0.25, 0.3) is 0 Å². The topological polar surface area (TPSA) is 119 Å². The minimum atomic E-state index is -3.46. The maximum atomic E-state index is 12.5. The van der Waals surface area contributed by atoms with Gasteiger partial charge >= 0.3 is 0 Å². The van der Waals surface area contributed by atoms with Gasteiger partial charge in [-0.25, -0.2) is 8.42 Å². The molecule has 0 aromatic heterocycles. The number of nitrogens with one attached hydrogen (secondary N) is 1. The summed E-state index contributed by atoms with van der Waals surface area (Å²) >= 11 is 0. The first-order valence-corrected chi connectivity index (χ1v) is 10.5. The monoisotopic (exact) mass is 419 g/mol. The molecule has 0 aliphatic carbocycles. The molecule has 10 heteroatoms. The molecule has 2 aromatic rings. The van der Waals surface area contributed by atoms with Crippen molar-refractivity contribution in [2.24, 2.45) is 0 Å². The number of amides is 1. The van der Waals surface area contributed by atoms with Crippen LogP contribution in [-0.2, 0) is 21.4 Å². The minimum absolute atomic E-state index is 0.119. The Morgan fingerprint density at radius 2 is 1.83 bits per heavy atom. The Balaban J connectivity index is 1.50. The number of sulfonamides is 1. The van der Waals surface area contributed by atoms with Crippen LogP contribution in [0.3, 0.4) is 0 Å². The highest BCUT2D eigenvalue weighted by Crippen LogP contribution is 2.21. The van der Waals surface area contributed by atoms with Gasteiger partial charge in [0.25, 0.3) is 11.6 Å². The highest BCUT2D eigenvalue weighted by Gasteiger charge is 2.26. The molecule has 9 nitrogen and oxygen atoms in total. The Bertz CT molecular complexity index is 985. The third-order valence-corrected chi connectivity index (χ3v) is 6.43. The third kappa shape index (κ3) is 5.30. The lowest BCUT2D eigenvalue weighted by atomic mass is 10.2. The lowest BCUT2D eigenvalue weighted by Gasteiger charge is -2.15. The number of nitro groups is 1. The number of ether oxygens (including phenoxy) is 1. The van der Waals surface area contributed by atoms with E-state index in [0.717, 1.165) is 18.4 Å². The zero-order valence-corrected chi connectivity index (χ0v) is 16.4. The SMILES string of the molecule is O=C(COc1cccc([N+](=O)[O-])c1)NCc1ccc(S(=O)(=O)N2CCCC2)cc1. The fourth-order valence-electron chi connectivity index (χ4n) is 2.94. The standard InChI is InChI=1S/C19H21N3O6S/c23-19(14-28-17-5-3-4-16(12-17)22(24)25)20-13-15-6-8-18(9-7-15)29(26,27)21-10-1-2-11-21/h3-9,12H,1-2,10-11,13-14H2,(H,20,23). The van der Waals surface area contributed by atoms with Crippen LogP contribution in [0.15, 0.2) is 53.4 Å². The molecule has 1 N–H and O–H groups in total. The van der Waals surface area contributed by atoms with Crippen molar-refractivity contribution in [1.82, 2.24) is 9.62 Å². The zero-order chi connectivity index (χ0) is 20.9. The highest BCUT2D eigenvalue weighted by atomic mass is 32.2. The van der Waals surface area contributed by atoms with Crippen LogP contribution in [0.2, 0.25) is 0 Å². The second-order valence-corrected chi connectivity index (χ2v) is 8.51. The average Bonchev–Trinajstić information content (AvgIpc) is 3.27. The number of hydrogen-bond acceptors (Lipinski definition) is 6. The van der Waals surface area contributed by atoms with Gasteiger partial charge in [0.1, 0.15) is 5.75 Å². The lowest BCUT2D eigenvalue weighted by Crippen LogP contribution is -2.29. The number of hydrogen-bond donors (Lipinski definition) is 1. The molecule has 0 spiro atoms. The van der Waals surface area contributed by atoms with Crippen LogP contribution in [-0.4, -0.2) is 43.2 Å². The fraction of sp³-hybridized carbons (Fsp3) is 0.316. The van der Waals surface area contributed by atoms with Gasteiger partial charge in [-0.2, -0.15) is 4.31 Å². The first-order valence-electron chi connectivity index (χ1n) is 9.09.